The van der Waals surface area contributed by atoms with E-state index < -0.39 is 9.84 Å². The van der Waals surface area contributed by atoms with E-state index in [0.29, 0.717) is 13.1 Å². The molecule has 0 unspecified atom stereocenters. The van der Waals surface area contributed by atoms with E-state index in [9.17, 15) is 8.42 Å². The van der Waals surface area contributed by atoms with Crippen molar-refractivity contribution in [1.29, 1.82) is 0 Å². The van der Waals surface area contributed by atoms with Crippen LogP contribution in [0, 0.1) is 0 Å². The van der Waals surface area contributed by atoms with Crippen molar-refractivity contribution in [3.63, 3.8) is 0 Å². The molecule has 7 heteroatoms. The summed E-state index contributed by atoms with van der Waals surface area (Å²) >= 11 is 0. The van der Waals surface area contributed by atoms with Crippen LogP contribution in [-0.2, 0) is 23.4 Å². The normalized spacial score (nSPS) is 11.9. The molecular formula is C7H14N4O2S. The van der Waals surface area contributed by atoms with Crippen LogP contribution in [-0.4, -0.2) is 41.7 Å². The maximum Gasteiger partial charge on any atom is 0.148 e. The summed E-state index contributed by atoms with van der Waals surface area (Å²) in [5.41, 5.74) is 0. The molecule has 0 aliphatic rings. The number of sulfone groups is 1. The third-order valence-electron chi connectivity index (χ3n) is 1.74. The molecule has 0 aliphatic heterocycles. The first-order valence-corrected chi connectivity index (χ1v) is 6.26. The summed E-state index contributed by atoms with van der Waals surface area (Å²) in [6, 6.07) is 0. The Bertz CT molecular complexity index is 384. The predicted octanol–water partition coefficient (Wildman–Crippen LogP) is -1.05. The third-order valence-corrected chi connectivity index (χ3v) is 2.68. The van der Waals surface area contributed by atoms with Gasteiger partial charge in [0, 0.05) is 19.8 Å². The number of nitrogens with zero attached hydrogens (tertiary/aromatic N) is 3. The van der Waals surface area contributed by atoms with Crippen molar-refractivity contribution in [2.24, 2.45) is 7.05 Å². The van der Waals surface area contributed by atoms with Gasteiger partial charge in [0.05, 0.1) is 12.3 Å². The van der Waals surface area contributed by atoms with Crippen LogP contribution in [0.4, 0.5) is 0 Å². The molecule has 0 saturated heterocycles. The quantitative estimate of drug-likeness (QED) is 0.638. The Morgan fingerprint density at radius 2 is 2.29 bits per heavy atom. The van der Waals surface area contributed by atoms with Gasteiger partial charge in [-0.1, -0.05) is 0 Å². The number of nitrogens with one attached hydrogen (secondary N) is 1. The summed E-state index contributed by atoms with van der Waals surface area (Å²) in [5.74, 6) is 0.934. The first kappa shape index (κ1) is 11.1. The van der Waals surface area contributed by atoms with Crippen LogP contribution in [0.15, 0.2) is 6.33 Å². The van der Waals surface area contributed by atoms with Gasteiger partial charge in [-0.15, -0.1) is 10.2 Å². The fraction of sp³-hybridized carbons (Fsp3) is 0.714. The molecule has 1 heterocycles. The summed E-state index contributed by atoms with van der Waals surface area (Å²) in [5, 5.41) is 10.5. The minimum Gasteiger partial charge on any atom is -0.320 e. The molecule has 0 aliphatic carbocycles. The van der Waals surface area contributed by atoms with Gasteiger partial charge in [-0.2, -0.15) is 0 Å². The minimum atomic E-state index is -2.88. The van der Waals surface area contributed by atoms with E-state index in [1.165, 1.54) is 6.26 Å². The maximum atomic E-state index is 10.8. The zero-order chi connectivity index (χ0) is 10.6. The Balaban J connectivity index is 2.26. The lowest BCUT2D eigenvalue weighted by molar-refractivity contribution is 0.593. The highest BCUT2D eigenvalue weighted by Crippen LogP contribution is 1.89. The van der Waals surface area contributed by atoms with Crippen LogP contribution < -0.4 is 5.32 Å². The summed E-state index contributed by atoms with van der Waals surface area (Å²) in [4.78, 5) is 0. The molecule has 1 aromatic rings. The maximum absolute atomic E-state index is 10.8. The van der Waals surface area contributed by atoms with Crippen molar-refractivity contribution >= 4 is 9.84 Å². The van der Waals surface area contributed by atoms with Gasteiger partial charge in [0.2, 0.25) is 0 Å². The molecule has 0 bridgehead atoms. The first-order valence-electron chi connectivity index (χ1n) is 4.20. The Hall–Kier alpha value is -0.950. The number of aryl methyl sites for hydroxylation is 1. The monoisotopic (exact) mass is 218 g/mol. The molecular weight excluding hydrogens is 204 g/mol. The lowest BCUT2D eigenvalue weighted by Gasteiger charge is -2.02. The van der Waals surface area contributed by atoms with Gasteiger partial charge in [-0.25, -0.2) is 8.42 Å². The molecule has 1 rings (SSSR count). The van der Waals surface area contributed by atoms with Crippen LogP contribution in [0.1, 0.15) is 5.82 Å². The molecule has 1 aromatic heterocycles. The number of hydrogen-bond donors (Lipinski definition) is 1. The largest absolute Gasteiger partial charge is 0.320 e. The number of hydrogen-bond acceptors (Lipinski definition) is 5. The van der Waals surface area contributed by atoms with Crippen LogP contribution in [0.5, 0.6) is 0 Å². The van der Waals surface area contributed by atoms with Crippen molar-refractivity contribution in [2.45, 2.75) is 6.54 Å². The lowest BCUT2D eigenvalue weighted by atomic mass is 10.5. The molecule has 1 N–H and O–H groups in total. The van der Waals surface area contributed by atoms with Gasteiger partial charge >= 0.3 is 0 Å². The number of aromatic nitrogens is 3. The van der Waals surface area contributed by atoms with Gasteiger partial charge in [0.1, 0.15) is 22.0 Å². The average Bonchev–Trinajstić information content (AvgIpc) is 2.44. The van der Waals surface area contributed by atoms with Gasteiger partial charge in [0.25, 0.3) is 0 Å². The fourth-order valence-corrected chi connectivity index (χ4v) is 1.44. The highest BCUT2D eigenvalue weighted by molar-refractivity contribution is 7.90. The van der Waals surface area contributed by atoms with E-state index in [1.54, 1.807) is 10.9 Å². The summed E-state index contributed by atoms with van der Waals surface area (Å²) in [6.45, 7) is 0.970. The summed E-state index contributed by atoms with van der Waals surface area (Å²) in [7, 11) is -1.04. The lowest BCUT2D eigenvalue weighted by Crippen LogP contribution is -2.23. The Morgan fingerprint density at radius 1 is 1.57 bits per heavy atom. The Morgan fingerprint density at radius 3 is 2.79 bits per heavy atom. The predicted molar refractivity (Wildman–Crippen MR) is 52.4 cm³/mol. The molecule has 0 radical (unpaired) electrons. The molecule has 14 heavy (non-hydrogen) atoms. The van der Waals surface area contributed by atoms with E-state index in [4.69, 9.17) is 0 Å². The van der Waals surface area contributed by atoms with Gasteiger partial charge in [0.15, 0.2) is 0 Å². The fourth-order valence-electron chi connectivity index (χ4n) is 0.925. The van der Waals surface area contributed by atoms with E-state index in [0.717, 1.165) is 5.82 Å². The van der Waals surface area contributed by atoms with Gasteiger partial charge < -0.3 is 9.88 Å². The summed E-state index contributed by atoms with van der Waals surface area (Å²) < 4.78 is 23.4. The van der Waals surface area contributed by atoms with E-state index in [1.807, 2.05) is 7.05 Å². The first-order chi connectivity index (χ1) is 6.49. The van der Waals surface area contributed by atoms with Crippen molar-refractivity contribution in [2.75, 3.05) is 18.6 Å². The SMILES string of the molecule is Cn1cnnc1CNCCS(C)(=O)=O. The smallest absolute Gasteiger partial charge is 0.148 e. The molecule has 80 valence electrons. The van der Waals surface area contributed by atoms with E-state index >= 15 is 0 Å². The highest BCUT2D eigenvalue weighted by Gasteiger charge is 2.02. The second-order valence-corrected chi connectivity index (χ2v) is 5.42. The van der Waals surface area contributed by atoms with Gasteiger partial charge in [-0.3, -0.25) is 0 Å². The van der Waals surface area contributed by atoms with Gasteiger partial charge in [-0.05, 0) is 0 Å². The topological polar surface area (TPSA) is 76.9 Å². The zero-order valence-electron chi connectivity index (χ0n) is 8.27. The van der Waals surface area contributed by atoms with Crippen LogP contribution in [0.3, 0.4) is 0 Å². The summed E-state index contributed by atoms with van der Waals surface area (Å²) in [6.07, 6.45) is 2.82. The molecule has 0 spiro atoms. The second kappa shape index (κ2) is 4.52. The molecule has 0 saturated carbocycles. The molecule has 0 amide bonds. The van der Waals surface area contributed by atoms with E-state index in [2.05, 4.69) is 15.5 Å². The molecule has 0 atom stereocenters. The Labute approximate surface area is 83.3 Å². The molecule has 0 fully saturated rings. The minimum absolute atomic E-state index is 0.144. The molecule has 6 nitrogen and oxygen atoms in total. The standard InChI is InChI=1S/C7H14N4O2S/c1-11-6-9-10-7(11)5-8-3-4-14(2,12)13/h6,8H,3-5H2,1-2H3. The second-order valence-electron chi connectivity index (χ2n) is 3.16. The third kappa shape index (κ3) is 3.84. The van der Waals surface area contributed by atoms with Crippen molar-refractivity contribution in [3.05, 3.63) is 12.2 Å². The average molecular weight is 218 g/mol. The Kier molecular flexibility index (Phi) is 3.59. The van der Waals surface area contributed by atoms with Crippen LogP contribution in [0.2, 0.25) is 0 Å². The van der Waals surface area contributed by atoms with Crippen molar-refractivity contribution in [3.8, 4) is 0 Å². The highest BCUT2D eigenvalue weighted by atomic mass is 32.2. The van der Waals surface area contributed by atoms with Crippen molar-refractivity contribution in [1.82, 2.24) is 20.1 Å². The van der Waals surface area contributed by atoms with E-state index in [-0.39, 0.29) is 5.75 Å². The van der Waals surface area contributed by atoms with Crippen LogP contribution >= 0.6 is 0 Å². The molecule has 0 aromatic carbocycles. The number of rotatable bonds is 5. The van der Waals surface area contributed by atoms with Crippen LogP contribution in [0.25, 0.3) is 0 Å². The van der Waals surface area contributed by atoms with Crippen molar-refractivity contribution < 1.29 is 8.42 Å². The zero-order valence-corrected chi connectivity index (χ0v) is 9.08.